The number of amides is 1. The molecule has 0 aliphatic carbocycles. The fraction of sp³-hybridized carbons (Fsp3) is 0.125. The zero-order chi connectivity index (χ0) is 17.1. The number of carbonyl (C=O) groups excluding carboxylic acids is 1. The number of fused-ring (bicyclic) bond motifs is 1. The van der Waals surface area contributed by atoms with Gasteiger partial charge in [0.1, 0.15) is 6.54 Å². The lowest BCUT2D eigenvalue weighted by molar-refractivity contribution is -0.116. The molecule has 1 heterocycles. The third kappa shape index (κ3) is 3.65. The molecule has 2 aromatic carbocycles. The van der Waals surface area contributed by atoms with Crippen molar-refractivity contribution in [2.75, 3.05) is 5.32 Å². The fourth-order valence-corrected chi connectivity index (χ4v) is 2.73. The fourth-order valence-electron chi connectivity index (χ4n) is 2.23. The highest BCUT2D eigenvalue weighted by atomic mass is 32.2. The van der Waals surface area contributed by atoms with E-state index in [9.17, 15) is 18.4 Å². The summed E-state index contributed by atoms with van der Waals surface area (Å²) in [6.45, 7) is -0.205. The first-order valence-electron chi connectivity index (χ1n) is 6.96. The molecule has 24 heavy (non-hydrogen) atoms. The van der Waals surface area contributed by atoms with E-state index in [0.717, 1.165) is 0 Å². The van der Waals surface area contributed by atoms with Crippen LogP contribution in [0.25, 0.3) is 11.1 Å². The van der Waals surface area contributed by atoms with Crippen LogP contribution in [-0.2, 0) is 11.3 Å². The number of anilines is 1. The molecular weight excluding hydrogens is 338 g/mol. The predicted molar refractivity (Wildman–Crippen MR) is 87.4 cm³/mol. The number of nitrogens with zero attached hydrogens (tertiary/aromatic N) is 1. The van der Waals surface area contributed by atoms with E-state index < -0.39 is 17.4 Å². The number of carbonyl (C=O) groups is 1. The van der Waals surface area contributed by atoms with Gasteiger partial charge in [-0.15, -0.1) is 0 Å². The number of rotatable bonds is 5. The number of thioether (sulfide) groups is 1. The smallest absolute Gasteiger partial charge is 0.408 e. The number of alkyl halides is 2. The van der Waals surface area contributed by atoms with Crippen LogP contribution in [0.4, 0.5) is 14.5 Å². The molecule has 0 aliphatic rings. The van der Waals surface area contributed by atoms with Gasteiger partial charge in [0.05, 0.1) is 5.52 Å². The molecule has 0 saturated carbocycles. The van der Waals surface area contributed by atoms with Gasteiger partial charge >= 0.3 is 5.76 Å². The molecule has 0 unspecified atom stereocenters. The van der Waals surface area contributed by atoms with Crippen LogP contribution in [-0.4, -0.2) is 16.2 Å². The van der Waals surface area contributed by atoms with Crippen LogP contribution in [0.15, 0.2) is 62.6 Å². The maximum atomic E-state index is 12.3. The van der Waals surface area contributed by atoms with E-state index in [1.54, 1.807) is 24.3 Å². The average Bonchev–Trinajstić information content (AvgIpc) is 2.85. The van der Waals surface area contributed by atoms with Gasteiger partial charge < -0.3 is 9.73 Å². The van der Waals surface area contributed by atoms with Gasteiger partial charge in [0.15, 0.2) is 5.58 Å². The first-order valence-corrected chi connectivity index (χ1v) is 7.84. The average molecular weight is 350 g/mol. The molecule has 0 spiro atoms. The Kier molecular flexibility index (Phi) is 4.66. The van der Waals surface area contributed by atoms with Crippen LogP contribution < -0.4 is 11.1 Å². The number of halogens is 2. The van der Waals surface area contributed by atoms with Crippen LogP contribution in [0.3, 0.4) is 0 Å². The van der Waals surface area contributed by atoms with E-state index in [-0.39, 0.29) is 6.54 Å². The van der Waals surface area contributed by atoms with Crippen LogP contribution in [0, 0.1) is 0 Å². The van der Waals surface area contributed by atoms with Gasteiger partial charge in [0.2, 0.25) is 5.91 Å². The van der Waals surface area contributed by atoms with E-state index in [2.05, 4.69) is 5.32 Å². The Morgan fingerprint density at radius 3 is 2.58 bits per heavy atom. The van der Waals surface area contributed by atoms with Gasteiger partial charge in [-0.3, -0.25) is 9.36 Å². The predicted octanol–water partition coefficient (Wildman–Crippen LogP) is 3.55. The topological polar surface area (TPSA) is 64.2 Å². The lowest BCUT2D eigenvalue weighted by Crippen LogP contribution is -2.24. The Hall–Kier alpha value is -2.61. The van der Waals surface area contributed by atoms with Crippen molar-refractivity contribution in [3.8, 4) is 0 Å². The van der Waals surface area contributed by atoms with Crippen molar-refractivity contribution in [2.24, 2.45) is 0 Å². The van der Waals surface area contributed by atoms with Gasteiger partial charge in [0.25, 0.3) is 5.76 Å². The second kappa shape index (κ2) is 6.88. The van der Waals surface area contributed by atoms with Crippen molar-refractivity contribution in [3.05, 3.63) is 59.1 Å². The second-order valence-electron chi connectivity index (χ2n) is 4.87. The van der Waals surface area contributed by atoms with Crippen molar-refractivity contribution in [2.45, 2.75) is 17.2 Å². The Morgan fingerprint density at radius 1 is 1.17 bits per heavy atom. The molecule has 0 aliphatic heterocycles. The summed E-state index contributed by atoms with van der Waals surface area (Å²) >= 11 is 0.429. The minimum atomic E-state index is -2.49. The molecule has 0 bridgehead atoms. The Labute approximate surface area is 139 Å². The van der Waals surface area contributed by atoms with Gasteiger partial charge in [-0.25, -0.2) is 4.79 Å². The largest absolute Gasteiger partial charge is 0.420 e. The number of hydrogen-bond acceptors (Lipinski definition) is 4. The van der Waals surface area contributed by atoms with E-state index >= 15 is 0 Å². The SMILES string of the molecule is O=C(Cn1c(=O)oc2ccccc21)Nc1ccc(SC(F)F)cc1. The molecule has 1 aromatic heterocycles. The molecule has 1 N–H and O–H groups in total. The summed E-state index contributed by atoms with van der Waals surface area (Å²) in [5.41, 5.74) is 1.39. The van der Waals surface area contributed by atoms with E-state index in [0.29, 0.717) is 33.4 Å². The highest BCUT2D eigenvalue weighted by Crippen LogP contribution is 2.26. The van der Waals surface area contributed by atoms with Crippen molar-refractivity contribution < 1.29 is 18.0 Å². The summed E-state index contributed by atoms with van der Waals surface area (Å²) < 4.78 is 30.8. The molecule has 0 atom stereocenters. The zero-order valence-electron chi connectivity index (χ0n) is 12.2. The molecule has 3 aromatic rings. The number of oxazole rings is 1. The Morgan fingerprint density at radius 2 is 1.88 bits per heavy atom. The lowest BCUT2D eigenvalue weighted by atomic mass is 10.3. The maximum Gasteiger partial charge on any atom is 0.420 e. The number of hydrogen-bond donors (Lipinski definition) is 1. The summed E-state index contributed by atoms with van der Waals surface area (Å²) in [7, 11) is 0. The normalized spacial score (nSPS) is 11.1. The van der Waals surface area contributed by atoms with Gasteiger partial charge in [-0.1, -0.05) is 23.9 Å². The minimum absolute atomic E-state index is 0.205. The number of para-hydroxylation sites is 2. The molecule has 1 amide bonds. The minimum Gasteiger partial charge on any atom is -0.408 e. The first-order chi connectivity index (χ1) is 11.5. The summed E-state index contributed by atoms with van der Waals surface area (Å²) in [6, 6.07) is 12.8. The Bertz CT molecular complexity index is 919. The first kappa shape index (κ1) is 16.3. The number of aromatic nitrogens is 1. The second-order valence-corrected chi connectivity index (χ2v) is 5.94. The van der Waals surface area contributed by atoms with Gasteiger partial charge in [-0.2, -0.15) is 8.78 Å². The molecule has 0 saturated heterocycles. The van der Waals surface area contributed by atoms with Crippen LogP contribution in [0.5, 0.6) is 0 Å². The molecule has 0 fully saturated rings. The molecule has 3 rings (SSSR count). The molecule has 0 radical (unpaired) electrons. The molecular formula is C16H12F2N2O3S. The summed E-state index contributed by atoms with van der Waals surface area (Å²) in [5.74, 6) is -3.53. The molecule has 5 nitrogen and oxygen atoms in total. The Balaban J connectivity index is 1.71. The molecule has 8 heteroatoms. The van der Waals surface area contributed by atoms with Crippen LogP contribution in [0.2, 0.25) is 0 Å². The quantitative estimate of drug-likeness (QED) is 0.715. The molecule has 124 valence electrons. The van der Waals surface area contributed by atoms with E-state index in [4.69, 9.17) is 4.42 Å². The monoisotopic (exact) mass is 350 g/mol. The van der Waals surface area contributed by atoms with Crippen molar-refractivity contribution in [1.29, 1.82) is 0 Å². The third-order valence-corrected chi connectivity index (χ3v) is 3.96. The van der Waals surface area contributed by atoms with Crippen molar-refractivity contribution >= 4 is 34.5 Å². The summed E-state index contributed by atoms with van der Waals surface area (Å²) in [6.07, 6.45) is 0. The van der Waals surface area contributed by atoms with Gasteiger partial charge in [0, 0.05) is 10.6 Å². The maximum absolute atomic E-state index is 12.3. The highest BCUT2D eigenvalue weighted by Gasteiger charge is 2.12. The van der Waals surface area contributed by atoms with Gasteiger partial charge in [-0.05, 0) is 36.4 Å². The number of nitrogens with one attached hydrogen (secondary N) is 1. The van der Waals surface area contributed by atoms with E-state index in [1.165, 1.54) is 28.8 Å². The zero-order valence-corrected chi connectivity index (χ0v) is 13.1. The van der Waals surface area contributed by atoms with Crippen molar-refractivity contribution in [3.63, 3.8) is 0 Å². The van der Waals surface area contributed by atoms with Crippen LogP contribution >= 0.6 is 11.8 Å². The van der Waals surface area contributed by atoms with Crippen LogP contribution in [0.1, 0.15) is 0 Å². The van der Waals surface area contributed by atoms with Crippen molar-refractivity contribution in [1.82, 2.24) is 4.57 Å². The summed E-state index contributed by atoms with van der Waals surface area (Å²) in [4.78, 5) is 24.3. The summed E-state index contributed by atoms with van der Waals surface area (Å²) in [5, 5.41) is 2.62. The van der Waals surface area contributed by atoms with E-state index in [1.807, 2.05) is 0 Å². The number of benzene rings is 2. The lowest BCUT2D eigenvalue weighted by Gasteiger charge is -2.07. The highest BCUT2D eigenvalue weighted by molar-refractivity contribution is 7.99. The standard InChI is InChI=1S/C16H12F2N2O3S/c17-15(18)24-11-7-5-10(6-8-11)19-14(21)9-20-12-3-1-2-4-13(12)23-16(20)22/h1-8,15H,9H2,(H,19,21). The third-order valence-electron chi connectivity index (χ3n) is 3.24.